The number of hydrogen-bond donors (Lipinski definition) is 4. The van der Waals surface area contributed by atoms with Crippen LogP contribution in [0.15, 0.2) is 70.6 Å². The summed E-state index contributed by atoms with van der Waals surface area (Å²) in [6, 6.07) is 16.5. The molecule has 0 bridgehead atoms. The lowest BCUT2D eigenvalue weighted by Gasteiger charge is -2.19. The maximum absolute atomic E-state index is 12.1. The first kappa shape index (κ1) is 29.7. The molecule has 4 N–H and O–H groups in total. The summed E-state index contributed by atoms with van der Waals surface area (Å²) in [6.45, 7) is 10.6. The number of aromatic hydroxyl groups is 2. The molecule has 2 amide bonds. The van der Waals surface area contributed by atoms with Crippen LogP contribution in [0.3, 0.4) is 0 Å². The topological polar surface area (TPSA) is 142 Å². The monoisotopic (exact) mass is 546 g/mol. The molecule has 0 fully saturated rings. The zero-order valence-corrected chi connectivity index (χ0v) is 23.4. The molecule has 3 aromatic rings. The normalized spacial score (nSPS) is 11.9. The fourth-order valence-electron chi connectivity index (χ4n) is 3.30. The van der Waals surface area contributed by atoms with Gasteiger partial charge >= 0.3 is 12.2 Å². The summed E-state index contributed by atoms with van der Waals surface area (Å²) < 4.78 is 10.5. The van der Waals surface area contributed by atoms with Crippen molar-refractivity contribution in [3.8, 4) is 11.5 Å². The molecule has 0 atom stereocenters. The fraction of sp³-hybridized carbons (Fsp3) is 0.267. The van der Waals surface area contributed by atoms with Crippen molar-refractivity contribution < 1.29 is 29.3 Å². The molecule has 10 nitrogen and oxygen atoms in total. The van der Waals surface area contributed by atoms with E-state index in [4.69, 9.17) is 9.47 Å². The first-order valence-corrected chi connectivity index (χ1v) is 12.5. The van der Waals surface area contributed by atoms with Crippen molar-refractivity contribution in [1.82, 2.24) is 0 Å². The zero-order valence-electron chi connectivity index (χ0n) is 23.4. The van der Waals surface area contributed by atoms with Crippen molar-refractivity contribution in [1.29, 1.82) is 0 Å². The second-order valence-corrected chi connectivity index (χ2v) is 10.8. The quantitative estimate of drug-likeness (QED) is 0.239. The van der Waals surface area contributed by atoms with Gasteiger partial charge in [0.05, 0.1) is 16.9 Å². The van der Waals surface area contributed by atoms with E-state index in [-0.39, 0.29) is 17.1 Å². The summed E-state index contributed by atoms with van der Waals surface area (Å²) in [5.41, 5.74) is 1.13. The molecule has 0 aliphatic carbocycles. The molecule has 0 spiro atoms. The van der Waals surface area contributed by atoms with Gasteiger partial charge in [-0.15, -0.1) is 0 Å². The minimum Gasteiger partial charge on any atom is -0.507 e. The standard InChI is InChI=1S/C30H34N4O6/c1-29(2,3)39-27(37)33-22-11-7-9-20(15-22)31-17-19-13-14-25(35)24(26(19)36)18-32-21-10-8-12-23(16-21)34-28(38)40-30(4,5)6/h7-18,35-36H,1-6H3,(H,33,37)(H,34,38). The summed E-state index contributed by atoms with van der Waals surface area (Å²) in [7, 11) is 0. The molecule has 0 heterocycles. The van der Waals surface area contributed by atoms with E-state index in [1.807, 2.05) is 0 Å². The van der Waals surface area contributed by atoms with Gasteiger partial charge in [0, 0.05) is 29.4 Å². The minimum absolute atomic E-state index is 0.0924. The Labute approximate surface area is 233 Å². The van der Waals surface area contributed by atoms with Crippen molar-refractivity contribution in [2.75, 3.05) is 10.6 Å². The Bertz CT molecular complexity index is 1430. The number of carbonyl (C=O) groups is 2. The third-order valence-corrected chi connectivity index (χ3v) is 4.90. The molecule has 0 aromatic heterocycles. The van der Waals surface area contributed by atoms with Gasteiger partial charge in [0.25, 0.3) is 0 Å². The summed E-state index contributed by atoms with van der Waals surface area (Å²) >= 11 is 0. The zero-order chi connectivity index (χ0) is 29.5. The van der Waals surface area contributed by atoms with Gasteiger partial charge in [0.2, 0.25) is 0 Å². The third kappa shape index (κ3) is 9.46. The van der Waals surface area contributed by atoms with Gasteiger partial charge in [-0.3, -0.25) is 20.6 Å². The second-order valence-electron chi connectivity index (χ2n) is 10.8. The van der Waals surface area contributed by atoms with Crippen molar-refractivity contribution in [2.45, 2.75) is 52.7 Å². The van der Waals surface area contributed by atoms with Gasteiger partial charge in [-0.25, -0.2) is 9.59 Å². The average molecular weight is 547 g/mol. The van der Waals surface area contributed by atoms with Crippen LogP contribution < -0.4 is 10.6 Å². The SMILES string of the molecule is CC(C)(C)OC(=O)Nc1cccc(N=Cc2ccc(O)c(C=Nc3cccc(NC(=O)OC(C)(C)C)c3)c2O)c1. The van der Waals surface area contributed by atoms with E-state index in [1.165, 1.54) is 24.6 Å². The number of benzene rings is 3. The molecule has 0 saturated carbocycles. The van der Waals surface area contributed by atoms with Crippen LogP contribution in [0.5, 0.6) is 11.5 Å². The molecule has 3 rings (SSSR count). The maximum atomic E-state index is 12.1. The Kier molecular flexibility index (Phi) is 9.15. The van der Waals surface area contributed by atoms with Gasteiger partial charge < -0.3 is 19.7 Å². The Hall–Kier alpha value is -4.86. The van der Waals surface area contributed by atoms with Crippen LogP contribution in [-0.2, 0) is 9.47 Å². The first-order valence-electron chi connectivity index (χ1n) is 12.5. The van der Waals surface area contributed by atoms with E-state index in [1.54, 1.807) is 90.1 Å². The summed E-state index contributed by atoms with van der Waals surface area (Å²) in [4.78, 5) is 32.8. The molecule has 3 aromatic carbocycles. The number of carbonyl (C=O) groups excluding carboxylic acids is 2. The number of nitrogens with one attached hydrogen (secondary N) is 2. The van der Waals surface area contributed by atoms with E-state index in [2.05, 4.69) is 20.6 Å². The number of amides is 2. The minimum atomic E-state index is -0.636. The number of rotatable bonds is 6. The molecule has 0 radical (unpaired) electrons. The molecule has 210 valence electrons. The highest BCUT2D eigenvalue weighted by molar-refractivity contribution is 5.96. The summed E-state index contributed by atoms with van der Waals surface area (Å²) in [5.74, 6) is -0.399. The van der Waals surface area contributed by atoms with Crippen LogP contribution in [0.1, 0.15) is 52.7 Å². The lowest BCUT2D eigenvalue weighted by molar-refractivity contribution is 0.0624. The van der Waals surface area contributed by atoms with Crippen LogP contribution >= 0.6 is 0 Å². The van der Waals surface area contributed by atoms with E-state index in [9.17, 15) is 19.8 Å². The van der Waals surface area contributed by atoms with Crippen LogP contribution in [0.2, 0.25) is 0 Å². The van der Waals surface area contributed by atoms with E-state index in [0.717, 1.165) is 0 Å². The van der Waals surface area contributed by atoms with Gasteiger partial charge in [-0.1, -0.05) is 12.1 Å². The number of phenols is 2. The van der Waals surface area contributed by atoms with Crippen LogP contribution in [0.4, 0.5) is 32.3 Å². The molecule has 0 unspecified atom stereocenters. The van der Waals surface area contributed by atoms with Crippen LogP contribution in [-0.4, -0.2) is 46.0 Å². The Morgan fingerprint density at radius 1 is 0.725 bits per heavy atom. The summed E-state index contributed by atoms with van der Waals surface area (Å²) in [5, 5.41) is 26.4. The predicted molar refractivity (Wildman–Crippen MR) is 157 cm³/mol. The summed E-state index contributed by atoms with van der Waals surface area (Å²) in [6.07, 6.45) is 1.58. The molecular formula is C30H34N4O6. The van der Waals surface area contributed by atoms with Crippen molar-refractivity contribution in [3.63, 3.8) is 0 Å². The number of anilines is 2. The molecule has 40 heavy (non-hydrogen) atoms. The Morgan fingerprint density at radius 3 is 1.68 bits per heavy atom. The largest absolute Gasteiger partial charge is 0.507 e. The first-order chi connectivity index (χ1) is 18.7. The van der Waals surface area contributed by atoms with Gasteiger partial charge in [-0.2, -0.15) is 0 Å². The highest BCUT2D eigenvalue weighted by Crippen LogP contribution is 2.30. The highest BCUT2D eigenvalue weighted by atomic mass is 16.6. The Balaban J connectivity index is 1.75. The van der Waals surface area contributed by atoms with Crippen molar-refractivity contribution in [3.05, 3.63) is 71.8 Å². The molecule has 0 saturated heterocycles. The number of ether oxygens (including phenoxy) is 2. The molecular weight excluding hydrogens is 512 g/mol. The molecule has 0 aliphatic rings. The van der Waals surface area contributed by atoms with Crippen LogP contribution in [0.25, 0.3) is 0 Å². The van der Waals surface area contributed by atoms with E-state index >= 15 is 0 Å². The van der Waals surface area contributed by atoms with Gasteiger partial charge in [-0.05, 0) is 90.1 Å². The average Bonchev–Trinajstić information content (AvgIpc) is 2.81. The number of hydrogen-bond acceptors (Lipinski definition) is 8. The lowest BCUT2D eigenvalue weighted by atomic mass is 10.1. The van der Waals surface area contributed by atoms with E-state index < -0.39 is 23.4 Å². The molecule has 0 aliphatic heterocycles. The van der Waals surface area contributed by atoms with Crippen molar-refractivity contribution >= 4 is 47.4 Å². The van der Waals surface area contributed by atoms with Crippen LogP contribution in [0, 0.1) is 0 Å². The third-order valence-electron chi connectivity index (χ3n) is 4.90. The predicted octanol–water partition coefficient (Wildman–Crippen LogP) is 7.29. The smallest absolute Gasteiger partial charge is 0.412 e. The van der Waals surface area contributed by atoms with E-state index in [0.29, 0.717) is 28.3 Å². The fourth-order valence-corrected chi connectivity index (χ4v) is 3.30. The number of phenolic OH excluding ortho intramolecular Hbond substituents is 2. The highest BCUT2D eigenvalue weighted by Gasteiger charge is 2.17. The number of aliphatic imine (C=N–C) groups is 2. The molecule has 10 heteroatoms. The van der Waals surface area contributed by atoms with Crippen molar-refractivity contribution in [2.24, 2.45) is 9.98 Å². The van der Waals surface area contributed by atoms with Gasteiger partial charge in [0.1, 0.15) is 22.7 Å². The number of nitrogens with zero attached hydrogens (tertiary/aromatic N) is 2. The second kappa shape index (κ2) is 12.3. The Morgan fingerprint density at radius 2 is 1.20 bits per heavy atom. The van der Waals surface area contributed by atoms with Gasteiger partial charge in [0.15, 0.2) is 0 Å². The maximum Gasteiger partial charge on any atom is 0.412 e. The lowest BCUT2D eigenvalue weighted by Crippen LogP contribution is -2.27.